The van der Waals surface area contributed by atoms with Crippen molar-refractivity contribution in [3.05, 3.63) is 72.4 Å². The molecule has 1 fully saturated rings. The Morgan fingerprint density at radius 2 is 1.58 bits per heavy atom. The van der Waals surface area contributed by atoms with Gasteiger partial charge in [0.05, 0.1) is 18.7 Å². The molecule has 2 aromatic heterocycles. The number of carbonyl (C=O) groups excluding carboxylic acids is 2. The summed E-state index contributed by atoms with van der Waals surface area (Å²) < 4.78 is 5.49. The molecule has 0 aliphatic carbocycles. The number of hydrogen-bond donors (Lipinski definition) is 2. The summed E-state index contributed by atoms with van der Waals surface area (Å²) in [4.78, 5) is 40.4. The lowest BCUT2D eigenvalue weighted by molar-refractivity contribution is 0.0988. The van der Waals surface area contributed by atoms with Crippen LogP contribution in [0.25, 0.3) is 22.4 Å². The van der Waals surface area contributed by atoms with E-state index in [1.807, 2.05) is 43.3 Å². The van der Waals surface area contributed by atoms with Crippen LogP contribution < -0.4 is 15.5 Å². The first kappa shape index (κ1) is 23.4. The summed E-state index contributed by atoms with van der Waals surface area (Å²) in [6.07, 6.45) is 2.19. The number of ketones is 1. The zero-order valence-corrected chi connectivity index (χ0v) is 19.9. The van der Waals surface area contributed by atoms with E-state index in [0.717, 1.165) is 35.5 Å². The van der Waals surface area contributed by atoms with E-state index in [9.17, 15) is 9.59 Å². The van der Waals surface area contributed by atoms with Crippen LogP contribution >= 0.6 is 0 Å². The molecule has 0 radical (unpaired) electrons. The maximum absolute atomic E-state index is 12.4. The van der Waals surface area contributed by atoms with Crippen LogP contribution in [-0.4, -0.2) is 53.1 Å². The number of hydrogen-bond acceptors (Lipinski definition) is 7. The van der Waals surface area contributed by atoms with Crippen molar-refractivity contribution in [2.45, 2.75) is 13.3 Å². The fourth-order valence-corrected chi connectivity index (χ4v) is 4.02. The molecule has 2 aromatic carbocycles. The Kier molecular flexibility index (Phi) is 6.81. The van der Waals surface area contributed by atoms with E-state index in [-0.39, 0.29) is 11.8 Å². The molecule has 9 nitrogen and oxygen atoms in total. The van der Waals surface area contributed by atoms with E-state index in [0.29, 0.717) is 42.4 Å². The third-order valence-electron chi connectivity index (χ3n) is 5.93. The number of benzene rings is 2. The molecule has 0 unspecified atom stereocenters. The summed E-state index contributed by atoms with van der Waals surface area (Å²) >= 11 is 0. The molecule has 0 atom stereocenters. The summed E-state index contributed by atoms with van der Waals surface area (Å²) in [5.41, 5.74) is 4.23. The molecule has 182 valence electrons. The van der Waals surface area contributed by atoms with Crippen molar-refractivity contribution in [1.82, 2.24) is 15.0 Å². The summed E-state index contributed by atoms with van der Waals surface area (Å²) in [6, 6.07) is 17.6. The highest BCUT2D eigenvalue weighted by molar-refractivity contribution is 6.01. The minimum absolute atomic E-state index is 0.0646. The van der Waals surface area contributed by atoms with Crippen molar-refractivity contribution < 1.29 is 14.3 Å². The van der Waals surface area contributed by atoms with E-state index in [1.165, 1.54) is 0 Å². The molecule has 1 aliphatic heterocycles. The van der Waals surface area contributed by atoms with Gasteiger partial charge in [0.1, 0.15) is 5.52 Å². The molecule has 5 rings (SSSR count). The summed E-state index contributed by atoms with van der Waals surface area (Å²) in [7, 11) is 0. The maximum atomic E-state index is 12.4. The zero-order valence-electron chi connectivity index (χ0n) is 19.9. The number of urea groups is 1. The van der Waals surface area contributed by atoms with Gasteiger partial charge in [0.15, 0.2) is 17.4 Å². The topological polar surface area (TPSA) is 109 Å². The van der Waals surface area contributed by atoms with Gasteiger partial charge >= 0.3 is 6.03 Å². The molecule has 3 heterocycles. The number of aromatic nitrogens is 3. The zero-order chi connectivity index (χ0) is 24.9. The first-order chi connectivity index (χ1) is 17.6. The van der Waals surface area contributed by atoms with Gasteiger partial charge in [-0.25, -0.2) is 14.8 Å². The summed E-state index contributed by atoms with van der Waals surface area (Å²) in [5, 5.41) is 5.60. The monoisotopic (exact) mass is 482 g/mol. The van der Waals surface area contributed by atoms with E-state index in [2.05, 4.69) is 20.5 Å². The van der Waals surface area contributed by atoms with Gasteiger partial charge < -0.3 is 20.3 Å². The fraction of sp³-hybridized carbons (Fsp3) is 0.222. The van der Waals surface area contributed by atoms with Crippen LogP contribution in [0.3, 0.4) is 0 Å². The highest BCUT2D eigenvalue weighted by Gasteiger charge is 2.19. The second-order valence-corrected chi connectivity index (χ2v) is 8.35. The number of pyridine rings is 1. The van der Waals surface area contributed by atoms with E-state index >= 15 is 0 Å². The van der Waals surface area contributed by atoms with Crippen molar-refractivity contribution in [3.8, 4) is 11.4 Å². The Bertz CT molecular complexity index is 1380. The first-order valence-corrected chi connectivity index (χ1v) is 11.9. The fourth-order valence-electron chi connectivity index (χ4n) is 4.02. The van der Waals surface area contributed by atoms with Crippen LogP contribution in [0, 0.1) is 0 Å². The number of Topliss-reactive ketones (excluding diaryl/α,β-unsaturated/α-hetero) is 1. The van der Waals surface area contributed by atoms with Crippen LogP contribution in [0.1, 0.15) is 23.7 Å². The molecule has 1 saturated heterocycles. The predicted octanol–water partition coefficient (Wildman–Crippen LogP) is 4.77. The number of nitrogens with zero attached hydrogens (tertiary/aromatic N) is 4. The van der Waals surface area contributed by atoms with Crippen LogP contribution in [0.4, 0.5) is 22.0 Å². The third-order valence-corrected chi connectivity index (χ3v) is 5.93. The number of nitrogens with one attached hydrogen (secondary N) is 2. The lowest BCUT2D eigenvalue weighted by Crippen LogP contribution is -2.37. The van der Waals surface area contributed by atoms with E-state index in [1.54, 1.807) is 30.5 Å². The lowest BCUT2D eigenvalue weighted by Gasteiger charge is -2.28. The highest BCUT2D eigenvalue weighted by Crippen LogP contribution is 2.27. The Labute approximate surface area is 208 Å². The van der Waals surface area contributed by atoms with Gasteiger partial charge in [0.25, 0.3) is 0 Å². The normalized spacial score (nSPS) is 13.4. The molecule has 0 bridgehead atoms. The number of amides is 2. The van der Waals surface area contributed by atoms with E-state index < -0.39 is 0 Å². The Morgan fingerprint density at radius 3 is 2.25 bits per heavy atom. The summed E-state index contributed by atoms with van der Waals surface area (Å²) in [6.45, 7) is 4.61. The Morgan fingerprint density at radius 1 is 0.917 bits per heavy atom. The number of ether oxygens (including phenoxy) is 1. The molecule has 9 heteroatoms. The van der Waals surface area contributed by atoms with Crippen LogP contribution in [0.2, 0.25) is 0 Å². The van der Waals surface area contributed by atoms with Gasteiger partial charge in [0.2, 0.25) is 0 Å². The van der Waals surface area contributed by atoms with Crippen molar-refractivity contribution in [2.24, 2.45) is 0 Å². The van der Waals surface area contributed by atoms with Crippen LogP contribution in [0.5, 0.6) is 0 Å². The molecule has 2 N–H and O–H groups in total. The number of anilines is 3. The molecule has 1 aliphatic rings. The largest absolute Gasteiger partial charge is 0.378 e. The quantitative estimate of drug-likeness (QED) is 0.381. The molecule has 0 saturated carbocycles. The standard InChI is InChI=1S/C27H26N6O3/c1-2-23(34)18-5-9-20(10-6-18)29-27(35)30-21-11-7-19(8-12-21)25-31-22-4-3-13-28-24(22)26(32-25)33-14-16-36-17-15-33/h3-13H,2,14-17H2,1H3,(H2,29,30,35). The van der Waals surface area contributed by atoms with Gasteiger partial charge in [-0.1, -0.05) is 6.92 Å². The van der Waals surface area contributed by atoms with Gasteiger partial charge in [-0.15, -0.1) is 0 Å². The molecule has 0 spiro atoms. The number of fused-ring (bicyclic) bond motifs is 1. The first-order valence-electron chi connectivity index (χ1n) is 11.9. The summed E-state index contributed by atoms with van der Waals surface area (Å²) in [5.74, 6) is 1.46. The molecular formula is C27H26N6O3. The van der Waals surface area contributed by atoms with Crippen molar-refractivity contribution in [2.75, 3.05) is 41.8 Å². The van der Waals surface area contributed by atoms with Gasteiger partial charge in [0, 0.05) is 48.2 Å². The van der Waals surface area contributed by atoms with Crippen molar-refractivity contribution >= 4 is 40.0 Å². The predicted molar refractivity (Wildman–Crippen MR) is 140 cm³/mol. The van der Waals surface area contributed by atoms with Crippen molar-refractivity contribution in [3.63, 3.8) is 0 Å². The van der Waals surface area contributed by atoms with Gasteiger partial charge in [-0.05, 0) is 60.7 Å². The van der Waals surface area contributed by atoms with Crippen molar-refractivity contribution in [1.29, 1.82) is 0 Å². The number of rotatable bonds is 6. The lowest BCUT2D eigenvalue weighted by atomic mass is 10.1. The third kappa shape index (κ3) is 5.16. The minimum Gasteiger partial charge on any atom is -0.378 e. The maximum Gasteiger partial charge on any atom is 0.323 e. The Balaban J connectivity index is 1.31. The smallest absolute Gasteiger partial charge is 0.323 e. The minimum atomic E-state index is -0.375. The SMILES string of the molecule is CCC(=O)c1ccc(NC(=O)Nc2ccc(-c3nc(N4CCOCC4)c4ncccc4n3)cc2)cc1. The van der Waals surface area contributed by atoms with E-state index in [4.69, 9.17) is 14.7 Å². The van der Waals surface area contributed by atoms with Gasteiger partial charge in [-0.3, -0.25) is 9.78 Å². The number of morpholine rings is 1. The average molecular weight is 483 g/mol. The van der Waals surface area contributed by atoms with Gasteiger partial charge in [-0.2, -0.15) is 0 Å². The molecule has 2 amide bonds. The molecule has 4 aromatic rings. The van der Waals surface area contributed by atoms with Crippen LogP contribution in [0.15, 0.2) is 66.9 Å². The molecule has 36 heavy (non-hydrogen) atoms. The second kappa shape index (κ2) is 10.5. The molecular weight excluding hydrogens is 456 g/mol. The number of carbonyl (C=O) groups is 2. The highest BCUT2D eigenvalue weighted by atomic mass is 16.5. The van der Waals surface area contributed by atoms with Crippen LogP contribution in [-0.2, 0) is 4.74 Å². The Hall–Kier alpha value is -4.37. The average Bonchev–Trinajstić information content (AvgIpc) is 2.93. The second-order valence-electron chi connectivity index (χ2n) is 8.35.